The third-order valence-corrected chi connectivity index (χ3v) is 4.31. The van der Waals surface area contributed by atoms with Gasteiger partial charge in [0.05, 0.1) is 5.56 Å². The van der Waals surface area contributed by atoms with Crippen molar-refractivity contribution in [3.63, 3.8) is 0 Å². The molecule has 3 aromatic rings. The molecule has 2 N–H and O–H groups in total. The quantitative estimate of drug-likeness (QED) is 0.620. The highest BCUT2D eigenvalue weighted by molar-refractivity contribution is 5.93. The fourth-order valence-corrected chi connectivity index (χ4v) is 2.83. The third-order valence-electron chi connectivity index (χ3n) is 4.31. The molecule has 5 heteroatoms. The summed E-state index contributed by atoms with van der Waals surface area (Å²) in [6, 6.07) is 16.4. The van der Waals surface area contributed by atoms with E-state index < -0.39 is 0 Å². The minimum atomic E-state index is -0.152. The van der Waals surface area contributed by atoms with Gasteiger partial charge in [-0.2, -0.15) is 0 Å². The Morgan fingerprint density at radius 1 is 1.00 bits per heavy atom. The molecule has 27 heavy (non-hydrogen) atoms. The van der Waals surface area contributed by atoms with E-state index in [0.29, 0.717) is 18.1 Å². The molecule has 0 aliphatic rings. The van der Waals surface area contributed by atoms with Crippen molar-refractivity contribution in [2.45, 2.75) is 26.7 Å². The van der Waals surface area contributed by atoms with Gasteiger partial charge in [-0.1, -0.05) is 48.0 Å². The van der Waals surface area contributed by atoms with Gasteiger partial charge in [-0.25, -0.2) is 9.97 Å². The maximum Gasteiger partial charge on any atom is 0.254 e. The van der Waals surface area contributed by atoms with E-state index in [-0.39, 0.29) is 5.91 Å². The lowest BCUT2D eigenvalue weighted by molar-refractivity contribution is 0.0952. The highest BCUT2D eigenvalue weighted by atomic mass is 16.1. The lowest BCUT2D eigenvalue weighted by atomic mass is 10.1. The number of nitrogens with zero attached hydrogens (tertiary/aromatic N) is 2. The standard InChI is InChI=1S/C22H24N4O/c1-16-10-11-20(17(2)13-16)26-22-24-14-19(15-25-22)21(27)23-12-6-9-18-7-4-3-5-8-18/h3-5,7-8,10-11,13-15H,6,9,12H2,1-2H3,(H,23,27)(H,24,25,26). The molecule has 5 nitrogen and oxygen atoms in total. The van der Waals surface area contributed by atoms with Gasteiger partial charge in [0.15, 0.2) is 0 Å². The molecule has 0 aliphatic carbocycles. The molecule has 1 aromatic heterocycles. The Morgan fingerprint density at radius 2 is 1.74 bits per heavy atom. The number of carbonyl (C=O) groups excluding carboxylic acids is 1. The Morgan fingerprint density at radius 3 is 2.44 bits per heavy atom. The van der Waals surface area contributed by atoms with Gasteiger partial charge < -0.3 is 10.6 Å². The Kier molecular flexibility index (Phi) is 6.15. The van der Waals surface area contributed by atoms with Crippen molar-refractivity contribution in [1.82, 2.24) is 15.3 Å². The molecule has 0 radical (unpaired) electrons. The van der Waals surface area contributed by atoms with E-state index in [1.54, 1.807) is 12.4 Å². The zero-order chi connectivity index (χ0) is 19.1. The predicted molar refractivity (Wildman–Crippen MR) is 108 cm³/mol. The molecule has 3 rings (SSSR count). The van der Waals surface area contributed by atoms with Crippen LogP contribution in [0.15, 0.2) is 60.9 Å². The van der Waals surface area contributed by atoms with Crippen LogP contribution < -0.4 is 10.6 Å². The summed E-state index contributed by atoms with van der Waals surface area (Å²) in [5.41, 5.74) is 5.02. The van der Waals surface area contributed by atoms with Gasteiger partial charge in [0, 0.05) is 24.6 Å². The van der Waals surface area contributed by atoms with Gasteiger partial charge in [0.25, 0.3) is 5.91 Å². The van der Waals surface area contributed by atoms with Crippen molar-refractivity contribution < 1.29 is 4.79 Å². The van der Waals surface area contributed by atoms with Crippen LogP contribution in [0.4, 0.5) is 11.6 Å². The van der Waals surface area contributed by atoms with Crippen LogP contribution in [0.1, 0.15) is 33.5 Å². The average molecular weight is 360 g/mol. The van der Waals surface area contributed by atoms with Crippen molar-refractivity contribution in [3.8, 4) is 0 Å². The minimum Gasteiger partial charge on any atom is -0.352 e. The van der Waals surface area contributed by atoms with E-state index in [1.165, 1.54) is 11.1 Å². The fourth-order valence-electron chi connectivity index (χ4n) is 2.83. The minimum absolute atomic E-state index is 0.152. The van der Waals surface area contributed by atoms with Crippen LogP contribution in [0.25, 0.3) is 0 Å². The molecule has 0 atom stereocenters. The third kappa shape index (κ3) is 5.38. The van der Waals surface area contributed by atoms with E-state index in [9.17, 15) is 4.79 Å². The first-order valence-electron chi connectivity index (χ1n) is 9.10. The SMILES string of the molecule is Cc1ccc(Nc2ncc(C(=O)NCCCc3ccccc3)cn2)c(C)c1. The first-order valence-corrected chi connectivity index (χ1v) is 9.10. The van der Waals surface area contributed by atoms with Crippen molar-refractivity contribution >= 4 is 17.5 Å². The largest absolute Gasteiger partial charge is 0.352 e. The lowest BCUT2D eigenvalue weighted by Crippen LogP contribution is -2.25. The molecule has 1 amide bonds. The smallest absolute Gasteiger partial charge is 0.254 e. The molecular formula is C22H24N4O. The summed E-state index contributed by atoms with van der Waals surface area (Å²) < 4.78 is 0. The van der Waals surface area contributed by atoms with Gasteiger partial charge in [-0.3, -0.25) is 4.79 Å². The van der Waals surface area contributed by atoms with E-state index in [0.717, 1.165) is 24.1 Å². The molecule has 0 unspecified atom stereocenters. The Labute approximate surface area is 159 Å². The molecule has 0 spiro atoms. The second kappa shape index (κ2) is 8.94. The second-order valence-electron chi connectivity index (χ2n) is 6.58. The summed E-state index contributed by atoms with van der Waals surface area (Å²) in [5, 5.41) is 6.10. The number of benzene rings is 2. The summed E-state index contributed by atoms with van der Waals surface area (Å²) in [4.78, 5) is 20.7. The van der Waals surface area contributed by atoms with Crippen LogP contribution >= 0.6 is 0 Å². The molecule has 0 aliphatic heterocycles. The summed E-state index contributed by atoms with van der Waals surface area (Å²) in [5.74, 6) is 0.323. The first kappa shape index (κ1) is 18.6. The Hall–Kier alpha value is -3.21. The maximum absolute atomic E-state index is 12.2. The molecule has 2 aromatic carbocycles. The molecular weight excluding hydrogens is 336 g/mol. The van der Waals surface area contributed by atoms with Gasteiger partial charge in [-0.05, 0) is 43.9 Å². The van der Waals surface area contributed by atoms with Crippen LogP contribution in [0, 0.1) is 13.8 Å². The first-order chi connectivity index (χ1) is 13.1. The van der Waals surface area contributed by atoms with Crippen LogP contribution in [0.2, 0.25) is 0 Å². The van der Waals surface area contributed by atoms with Crippen LogP contribution in [0.5, 0.6) is 0 Å². The zero-order valence-electron chi connectivity index (χ0n) is 15.7. The monoisotopic (exact) mass is 360 g/mol. The average Bonchev–Trinajstić information content (AvgIpc) is 2.69. The number of nitrogens with one attached hydrogen (secondary N) is 2. The van der Waals surface area contributed by atoms with E-state index in [1.807, 2.05) is 37.3 Å². The number of aryl methyl sites for hydroxylation is 3. The fraction of sp³-hybridized carbons (Fsp3) is 0.227. The van der Waals surface area contributed by atoms with Gasteiger partial charge in [0.1, 0.15) is 0 Å². The number of rotatable bonds is 7. The molecule has 0 saturated carbocycles. The zero-order valence-corrected chi connectivity index (χ0v) is 15.7. The van der Waals surface area contributed by atoms with Crippen molar-refractivity contribution in [2.75, 3.05) is 11.9 Å². The van der Waals surface area contributed by atoms with Gasteiger partial charge in [0.2, 0.25) is 5.95 Å². The van der Waals surface area contributed by atoms with E-state index in [2.05, 4.69) is 45.7 Å². The van der Waals surface area contributed by atoms with Crippen molar-refractivity contribution in [3.05, 3.63) is 83.2 Å². The molecule has 0 fully saturated rings. The van der Waals surface area contributed by atoms with Gasteiger partial charge in [-0.15, -0.1) is 0 Å². The molecule has 0 saturated heterocycles. The molecule has 138 valence electrons. The second-order valence-corrected chi connectivity index (χ2v) is 6.58. The van der Waals surface area contributed by atoms with E-state index >= 15 is 0 Å². The number of anilines is 2. The normalized spacial score (nSPS) is 10.4. The van der Waals surface area contributed by atoms with Crippen LogP contribution in [-0.2, 0) is 6.42 Å². The van der Waals surface area contributed by atoms with Crippen LogP contribution in [0.3, 0.4) is 0 Å². The number of amides is 1. The summed E-state index contributed by atoms with van der Waals surface area (Å²) in [6.45, 7) is 4.71. The predicted octanol–water partition coefficient (Wildman–Crippen LogP) is 4.20. The maximum atomic E-state index is 12.2. The van der Waals surface area contributed by atoms with Crippen molar-refractivity contribution in [1.29, 1.82) is 0 Å². The van der Waals surface area contributed by atoms with Crippen molar-refractivity contribution in [2.24, 2.45) is 0 Å². The molecule has 1 heterocycles. The Bertz CT molecular complexity index is 892. The summed E-state index contributed by atoms with van der Waals surface area (Å²) in [6.07, 6.45) is 4.93. The summed E-state index contributed by atoms with van der Waals surface area (Å²) in [7, 11) is 0. The number of hydrogen-bond acceptors (Lipinski definition) is 4. The number of hydrogen-bond donors (Lipinski definition) is 2. The van der Waals surface area contributed by atoms with Gasteiger partial charge >= 0.3 is 0 Å². The Balaban J connectivity index is 1.49. The van der Waals surface area contributed by atoms with E-state index in [4.69, 9.17) is 0 Å². The topological polar surface area (TPSA) is 66.9 Å². The highest BCUT2D eigenvalue weighted by Crippen LogP contribution is 2.19. The number of carbonyl (C=O) groups is 1. The lowest BCUT2D eigenvalue weighted by Gasteiger charge is -2.09. The number of aromatic nitrogens is 2. The highest BCUT2D eigenvalue weighted by Gasteiger charge is 2.07. The summed E-state index contributed by atoms with van der Waals surface area (Å²) >= 11 is 0. The van der Waals surface area contributed by atoms with Crippen LogP contribution in [-0.4, -0.2) is 22.4 Å². The molecule has 0 bridgehead atoms.